The predicted molar refractivity (Wildman–Crippen MR) is 71.1 cm³/mol. The van der Waals surface area contributed by atoms with Gasteiger partial charge in [0.2, 0.25) is 0 Å². The summed E-state index contributed by atoms with van der Waals surface area (Å²) in [5.74, 6) is 0.172. The van der Waals surface area contributed by atoms with E-state index < -0.39 is 0 Å². The Morgan fingerprint density at radius 2 is 1.62 bits per heavy atom. The Morgan fingerprint density at radius 1 is 1.00 bits per heavy atom. The van der Waals surface area contributed by atoms with Gasteiger partial charge in [-0.3, -0.25) is 0 Å². The molecule has 0 N–H and O–H groups in total. The number of unbranched alkanes of at least 4 members (excludes halogenated alkanes) is 7. The van der Waals surface area contributed by atoms with Crippen molar-refractivity contribution in [2.45, 2.75) is 71.6 Å². The molecule has 92 valence electrons. The minimum absolute atomic E-state index is 0.172. The molecular weight excluding hydrogens is 194 g/mol. The van der Waals surface area contributed by atoms with Gasteiger partial charge in [-0.25, -0.2) is 0 Å². The minimum Gasteiger partial charge on any atom is -0.198 e. The van der Waals surface area contributed by atoms with E-state index in [-0.39, 0.29) is 5.92 Å². The lowest BCUT2D eigenvalue weighted by atomic mass is 10.1. The highest BCUT2D eigenvalue weighted by atomic mass is 14.2. The summed E-state index contributed by atoms with van der Waals surface area (Å²) in [4.78, 5) is 0. The molecule has 0 unspecified atom stereocenters. The van der Waals surface area contributed by atoms with E-state index in [2.05, 4.69) is 25.1 Å². The highest BCUT2D eigenvalue weighted by molar-refractivity contribution is 4.89. The van der Waals surface area contributed by atoms with Crippen LogP contribution in [0.3, 0.4) is 0 Å². The van der Waals surface area contributed by atoms with E-state index >= 15 is 0 Å². The van der Waals surface area contributed by atoms with Gasteiger partial charge in [-0.2, -0.15) is 5.26 Å². The van der Waals surface area contributed by atoms with Gasteiger partial charge in [0.05, 0.1) is 6.07 Å². The first-order valence-corrected chi connectivity index (χ1v) is 6.85. The second-order valence-electron chi connectivity index (χ2n) is 4.65. The molecule has 0 rings (SSSR count). The molecule has 0 saturated carbocycles. The monoisotopic (exact) mass is 221 g/mol. The minimum atomic E-state index is 0.172. The summed E-state index contributed by atoms with van der Waals surface area (Å²) in [5, 5.41) is 8.59. The molecule has 0 bridgehead atoms. The second-order valence-corrected chi connectivity index (χ2v) is 4.65. The number of nitrogens with zero attached hydrogens (tertiary/aromatic N) is 1. The van der Waals surface area contributed by atoms with Gasteiger partial charge >= 0.3 is 0 Å². The van der Waals surface area contributed by atoms with Crippen LogP contribution in [-0.2, 0) is 0 Å². The van der Waals surface area contributed by atoms with E-state index in [0.29, 0.717) is 0 Å². The SMILES string of the molecule is CCCCCCCCC/C=C/C[C@H](C)C#N. The predicted octanol–water partition coefficient (Wildman–Crippen LogP) is 5.23. The fourth-order valence-corrected chi connectivity index (χ4v) is 1.69. The largest absolute Gasteiger partial charge is 0.198 e. The van der Waals surface area contributed by atoms with Crippen LogP contribution in [0, 0.1) is 17.2 Å². The van der Waals surface area contributed by atoms with E-state index in [1.54, 1.807) is 0 Å². The third kappa shape index (κ3) is 11.3. The molecule has 0 aromatic heterocycles. The van der Waals surface area contributed by atoms with Gasteiger partial charge in [0.15, 0.2) is 0 Å². The molecule has 1 atom stereocenters. The fraction of sp³-hybridized carbons (Fsp3) is 0.800. The fourth-order valence-electron chi connectivity index (χ4n) is 1.69. The third-order valence-electron chi connectivity index (χ3n) is 2.85. The van der Waals surface area contributed by atoms with Crippen LogP contribution < -0.4 is 0 Å². The highest BCUT2D eigenvalue weighted by Crippen LogP contribution is 2.09. The van der Waals surface area contributed by atoms with Crippen molar-refractivity contribution in [3.05, 3.63) is 12.2 Å². The maximum atomic E-state index is 8.59. The summed E-state index contributed by atoms with van der Waals surface area (Å²) < 4.78 is 0. The first-order valence-electron chi connectivity index (χ1n) is 6.85. The molecule has 0 amide bonds. The van der Waals surface area contributed by atoms with Crippen molar-refractivity contribution < 1.29 is 0 Å². The zero-order valence-corrected chi connectivity index (χ0v) is 11.0. The van der Waals surface area contributed by atoms with Crippen LogP contribution in [0.2, 0.25) is 0 Å². The Bertz CT molecular complexity index is 200. The lowest BCUT2D eigenvalue weighted by Gasteiger charge is -1.99. The van der Waals surface area contributed by atoms with Crippen molar-refractivity contribution in [1.29, 1.82) is 5.26 Å². The molecule has 0 aliphatic carbocycles. The summed E-state index contributed by atoms with van der Waals surface area (Å²) in [6.07, 6.45) is 16.1. The average molecular weight is 221 g/mol. The number of hydrogen-bond donors (Lipinski definition) is 0. The average Bonchev–Trinajstić information content (AvgIpc) is 2.31. The molecule has 0 aromatic rings. The van der Waals surface area contributed by atoms with E-state index in [4.69, 9.17) is 5.26 Å². The number of nitriles is 1. The maximum Gasteiger partial charge on any atom is 0.0656 e. The van der Waals surface area contributed by atoms with Crippen molar-refractivity contribution in [2.75, 3.05) is 0 Å². The first kappa shape index (κ1) is 15.2. The molecular formula is C15H27N. The van der Waals surface area contributed by atoms with Crippen LogP contribution in [0.15, 0.2) is 12.2 Å². The van der Waals surface area contributed by atoms with Gasteiger partial charge in [0, 0.05) is 5.92 Å². The van der Waals surface area contributed by atoms with Crippen LogP contribution in [0.1, 0.15) is 71.6 Å². The van der Waals surface area contributed by atoms with Crippen molar-refractivity contribution in [3.63, 3.8) is 0 Å². The maximum absolute atomic E-state index is 8.59. The van der Waals surface area contributed by atoms with Crippen LogP contribution >= 0.6 is 0 Å². The number of rotatable bonds is 10. The summed E-state index contributed by atoms with van der Waals surface area (Å²) in [6, 6.07) is 2.24. The first-order chi connectivity index (χ1) is 7.81. The Hall–Kier alpha value is -0.770. The quantitative estimate of drug-likeness (QED) is 0.366. The Balaban J connectivity index is 3.12. The van der Waals surface area contributed by atoms with E-state index in [9.17, 15) is 0 Å². The zero-order chi connectivity index (χ0) is 12.1. The van der Waals surface area contributed by atoms with Gasteiger partial charge in [0.25, 0.3) is 0 Å². The Kier molecular flexibility index (Phi) is 11.7. The lowest BCUT2D eigenvalue weighted by molar-refractivity contribution is 0.591. The summed E-state index contributed by atoms with van der Waals surface area (Å²) >= 11 is 0. The van der Waals surface area contributed by atoms with Crippen LogP contribution in [-0.4, -0.2) is 0 Å². The van der Waals surface area contributed by atoms with E-state index in [1.165, 1.54) is 51.4 Å². The molecule has 1 nitrogen and oxygen atoms in total. The molecule has 0 aromatic carbocycles. The van der Waals surface area contributed by atoms with Crippen molar-refractivity contribution >= 4 is 0 Å². The standard InChI is InChI=1S/C15H27N/c1-3-4-5-6-7-8-9-10-11-12-13-15(2)14-16/h11-12,15H,3-10,13H2,1-2H3/b12-11+/t15-/m0/s1. The number of hydrogen-bond acceptors (Lipinski definition) is 1. The Morgan fingerprint density at radius 3 is 2.25 bits per heavy atom. The van der Waals surface area contributed by atoms with Crippen LogP contribution in [0.25, 0.3) is 0 Å². The molecule has 16 heavy (non-hydrogen) atoms. The van der Waals surface area contributed by atoms with E-state index in [1.807, 2.05) is 6.92 Å². The molecule has 1 heteroatoms. The smallest absolute Gasteiger partial charge is 0.0656 e. The summed E-state index contributed by atoms with van der Waals surface area (Å²) in [7, 11) is 0. The number of allylic oxidation sites excluding steroid dienone is 2. The van der Waals surface area contributed by atoms with Crippen molar-refractivity contribution in [3.8, 4) is 6.07 Å². The summed E-state index contributed by atoms with van der Waals surface area (Å²) in [6.45, 7) is 4.23. The molecule has 0 aliphatic heterocycles. The molecule has 0 radical (unpaired) electrons. The molecule has 0 aliphatic rings. The Labute approximate surface area is 102 Å². The van der Waals surface area contributed by atoms with Crippen molar-refractivity contribution in [2.24, 2.45) is 5.92 Å². The van der Waals surface area contributed by atoms with Gasteiger partial charge in [0.1, 0.15) is 0 Å². The van der Waals surface area contributed by atoms with Crippen LogP contribution in [0.4, 0.5) is 0 Å². The molecule has 0 fully saturated rings. The van der Waals surface area contributed by atoms with Gasteiger partial charge in [-0.15, -0.1) is 0 Å². The normalized spacial score (nSPS) is 12.8. The van der Waals surface area contributed by atoms with Crippen LogP contribution in [0.5, 0.6) is 0 Å². The van der Waals surface area contributed by atoms with Gasteiger partial charge in [-0.05, 0) is 26.2 Å². The second kappa shape index (κ2) is 12.3. The topological polar surface area (TPSA) is 23.8 Å². The lowest BCUT2D eigenvalue weighted by Crippen LogP contribution is -1.85. The summed E-state index contributed by atoms with van der Waals surface area (Å²) in [5.41, 5.74) is 0. The van der Waals surface area contributed by atoms with Crippen molar-refractivity contribution in [1.82, 2.24) is 0 Å². The van der Waals surface area contributed by atoms with Gasteiger partial charge in [-0.1, -0.05) is 57.6 Å². The van der Waals surface area contributed by atoms with Gasteiger partial charge < -0.3 is 0 Å². The molecule has 0 saturated heterocycles. The molecule has 0 spiro atoms. The molecule has 0 heterocycles. The van der Waals surface area contributed by atoms with E-state index in [0.717, 1.165) is 6.42 Å². The third-order valence-corrected chi connectivity index (χ3v) is 2.85. The highest BCUT2D eigenvalue weighted by Gasteiger charge is 1.93. The zero-order valence-electron chi connectivity index (χ0n) is 11.0.